The van der Waals surface area contributed by atoms with E-state index in [1.54, 1.807) is 0 Å². The van der Waals surface area contributed by atoms with E-state index in [1.165, 1.54) is 0 Å². The zero-order chi connectivity index (χ0) is 8.10. The average molecular weight is 161 g/mol. The fourth-order valence-corrected chi connectivity index (χ4v) is 1.36. The molecule has 2 atom stereocenters. The number of alkyl halides is 1. The minimum Gasteiger partial charge on any atom is -0.378 e. The second-order valence-corrected chi connectivity index (χ2v) is 3.05. The van der Waals surface area contributed by atoms with Crippen LogP contribution in [-0.2, 0) is 4.74 Å². The van der Waals surface area contributed by atoms with E-state index in [4.69, 9.17) is 10.5 Å². The first-order chi connectivity index (χ1) is 5.33. The lowest BCUT2D eigenvalue weighted by molar-refractivity contribution is 0.0955. The van der Waals surface area contributed by atoms with E-state index in [2.05, 4.69) is 0 Å². The van der Waals surface area contributed by atoms with Crippen molar-refractivity contribution in [2.75, 3.05) is 13.2 Å². The zero-order valence-electron chi connectivity index (χ0n) is 6.76. The molecular weight excluding hydrogens is 145 g/mol. The molecule has 0 aromatic heterocycles. The lowest BCUT2D eigenvalue weighted by Gasteiger charge is -2.09. The Morgan fingerprint density at radius 2 is 2.45 bits per heavy atom. The summed E-state index contributed by atoms with van der Waals surface area (Å²) in [6, 6.07) is 0. The van der Waals surface area contributed by atoms with Gasteiger partial charge in [-0.15, -0.1) is 0 Å². The third kappa shape index (κ3) is 3.16. The summed E-state index contributed by atoms with van der Waals surface area (Å²) in [6.07, 6.45) is 3.08. The fourth-order valence-electron chi connectivity index (χ4n) is 1.36. The summed E-state index contributed by atoms with van der Waals surface area (Å²) in [6.45, 7) is 0.997. The number of nitrogens with two attached hydrogens (primary N) is 1. The normalized spacial score (nSPS) is 27.3. The summed E-state index contributed by atoms with van der Waals surface area (Å²) in [7, 11) is 0. The Bertz CT molecular complexity index is 104. The van der Waals surface area contributed by atoms with Crippen molar-refractivity contribution in [2.45, 2.75) is 38.0 Å². The van der Waals surface area contributed by atoms with Gasteiger partial charge in [0.05, 0.1) is 6.10 Å². The van der Waals surface area contributed by atoms with Gasteiger partial charge in [0.1, 0.15) is 6.17 Å². The maximum atomic E-state index is 12.6. The van der Waals surface area contributed by atoms with Crippen molar-refractivity contribution in [3.63, 3.8) is 0 Å². The van der Waals surface area contributed by atoms with Crippen molar-refractivity contribution in [1.82, 2.24) is 0 Å². The van der Waals surface area contributed by atoms with Crippen LogP contribution in [0.2, 0.25) is 0 Å². The highest BCUT2D eigenvalue weighted by atomic mass is 19.1. The molecule has 11 heavy (non-hydrogen) atoms. The first-order valence-corrected chi connectivity index (χ1v) is 4.28. The molecule has 1 saturated heterocycles. The highest BCUT2D eigenvalue weighted by Gasteiger charge is 2.16. The molecule has 0 aliphatic carbocycles. The van der Waals surface area contributed by atoms with Gasteiger partial charge in [0.2, 0.25) is 0 Å². The lowest BCUT2D eigenvalue weighted by atomic mass is 10.1. The Kier molecular flexibility index (Phi) is 3.80. The predicted octanol–water partition coefficient (Wildman–Crippen LogP) is 1.24. The minimum absolute atomic E-state index is 0.146. The van der Waals surface area contributed by atoms with Crippen LogP contribution in [0.5, 0.6) is 0 Å². The Labute approximate surface area is 66.9 Å². The molecule has 3 heteroatoms. The summed E-state index contributed by atoms with van der Waals surface area (Å²) in [5.41, 5.74) is 5.14. The Morgan fingerprint density at radius 1 is 1.64 bits per heavy atom. The molecule has 1 rings (SSSR count). The van der Waals surface area contributed by atoms with E-state index in [0.29, 0.717) is 12.5 Å². The third-order valence-corrected chi connectivity index (χ3v) is 2.08. The molecule has 2 N–H and O–H groups in total. The van der Waals surface area contributed by atoms with E-state index in [9.17, 15) is 4.39 Å². The van der Waals surface area contributed by atoms with Crippen molar-refractivity contribution in [1.29, 1.82) is 0 Å². The van der Waals surface area contributed by atoms with E-state index < -0.39 is 6.17 Å². The molecule has 1 heterocycles. The first kappa shape index (κ1) is 8.94. The second kappa shape index (κ2) is 4.67. The number of hydrogen-bond donors (Lipinski definition) is 1. The Morgan fingerprint density at radius 3 is 3.00 bits per heavy atom. The lowest BCUT2D eigenvalue weighted by Crippen LogP contribution is -2.17. The van der Waals surface area contributed by atoms with Crippen LogP contribution in [0.4, 0.5) is 4.39 Å². The van der Waals surface area contributed by atoms with Crippen LogP contribution in [0.25, 0.3) is 0 Å². The van der Waals surface area contributed by atoms with Gasteiger partial charge in [0.25, 0.3) is 0 Å². The van der Waals surface area contributed by atoms with E-state index in [0.717, 1.165) is 25.9 Å². The maximum Gasteiger partial charge on any atom is 0.112 e. The molecule has 0 radical (unpaired) electrons. The molecule has 2 unspecified atom stereocenters. The van der Waals surface area contributed by atoms with Gasteiger partial charge in [0.15, 0.2) is 0 Å². The molecule has 1 fully saturated rings. The molecule has 1 aliphatic rings. The van der Waals surface area contributed by atoms with Crippen molar-refractivity contribution in [2.24, 2.45) is 5.73 Å². The molecule has 0 spiro atoms. The maximum absolute atomic E-state index is 12.6. The van der Waals surface area contributed by atoms with Crippen LogP contribution in [0, 0.1) is 0 Å². The number of ether oxygens (including phenoxy) is 1. The summed E-state index contributed by atoms with van der Waals surface area (Å²) < 4.78 is 17.9. The molecule has 0 saturated carbocycles. The first-order valence-electron chi connectivity index (χ1n) is 4.28. The highest BCUT2D eigenvalue weighted by Crippen LogP contribution is 2.18. The molecular formula is C8H16FNO. The van der Waals surface area contributed by atoms with Gasteiger partial charge in [-0.2, -0.15) is 0 Å². The summed E-state index contributed by atoms with van der Waals surface area (Å²) >= 11 is 0. The zero-order valence-corrected chi connectivity index (χ0v) is 6.76. The van der Waals surface area contributed by atoms with Gasteiger partial charge in [-0.3, -0.25) is 0 Å². The fraction of sp³-hybridized carbons (Fsp3) is 1.00. The van der Waals surface area contributed by atoms with Crippen LogP contribution in [-0.4, -0.2) is 25.4 Å². The molecule has 0 amide bonds. The predicted molar refractivity (Wildman–Crippen MR) is 42.2 cm³/mol. The van der Waals surface area contributed by atoms with Crippen molar-refractivity contribution < 1.29 is 9.13 Å². The molecule has 2 nitrogen and oxygen atoms in total. The van der Waals surface area contributed by atoms with Crippen LogP contribution in [0.15, 0.2) is 0 Å². The SMILES string of the molecule is NCC(F)CCC1CCCO1. The number of rotatable bonds is 4. The average Bonchev–Trinajstić information content (AvgIpc) is 2.52. The van der Waals surface area contributed by atoms with E-state index in [1.807, 2.05) is 0 Å². The highest BCUT2D eigenvalue weighted by molar-refractivity contribution is 4.67. The quantitative estimate of drug-likeness (QED) is 0.673. The van der Waals surface area contributed by atoms with Crippen molar-refractivity contribution in [3.05, 3.63) is 0 Å². The van der Waals surface area contributed by atoms with Gasteiger partial charge in [-0.05, 0) is 25.7 Å². The van der Waals surface area contributed by atoms with Gasteiger partial charge in [-0.25, -0.2) is 4.39 Å². The number of halogens is 1. The second-order valence-electron chi connectivity index (χ2n) is 3.05. The molecule has 0 aromatic carbocycles. The van der Waals surface area contributed by atoms with E-state index >= 15 is 0 Å². The summed E-state index contributed by atoms with van der Waals surface area (Å²) in [5, 5.41) is 0. The Balaban J connectivity index is 2.01. The van der Waals surface area contributed by atoms with Crippen molar-refractivity contribution >= 4 is 0 Å². The summed E-state index contributed by atoms with van der Waals surface area (Å²) in [4.78, 5) is 0. The Hall–Kier alpha value is -0.150. The monoisotopic (exact) mass is 161 g/mol. The van der Waals surface area contributed by atoms with Gasteiger partial charge in [0, 0.05) is 13.2 Å². The van der Waals surface area contributed by atoms with Gasteiger partial charge >= 0.3 is 0 Å². The van der Waals surface area contributed by atoms with Gasteiger partial charge in [-0.1, -0.05) is 0 Å². The van der Waals surface area contributed by atoms with E-state index in [-0.39, 0.29) is 6.54 Å². The van der Waals surface area contributed by atoms with Crippen molar-refractivity contribution in [3.8, 4) is 0 Å². The third-order valence-electron chi connectivity index (χ3n) is 2.08. The number of hydrogen-bond acceptors (Lipinski definition) is 2. The summed E-state index contributed by atoms with van der Waals surface area (Å²) in [5.74, 6) is 0. The standard InChI is InChI=1S/C8H16FNO/c9-7(6-10)3-4-8-2-1-5-11-8/h7-8H,1-6,10H2. The molecule has 66 valence electrons. The largest absolute Gasteiger partial charge is 0.378 e. The minimum atomic E-state index is -0.834. The van der Waals surface area contributed by atoms with Crippen LogP contribution in [0.3, 0.4) is 0 Å². The topological polar surface area (TPSA) is 35.2 Å². The van der Waals surface area contributed by atoms with Crippen LogP contribution in [0.1, 0.15) is 25.7 Å². The molecule has 0 aromatic rings. The van der Waals surface area contributed by atoms with Crippen LogP contribution < -0.4 is 5.73 Å². The molecule has 0 bridgehead atoms. The van der Waals surface area contributed by atoms with Crippen LogP contribution >= 0.6 is 0 Å². The molecule has 1 aliphatic heterocycles. The van der Waals surface area contributed by atoms with Gasteiger partial charge < -0.3 is 10.5 Å². The smallest absolute Gasteiger partial charge is 0.112 e.